The molecule has 6 N–H and O–H groups in total. The number of aliphatic hydroxyl groups excluding tert-OH is 2. The van der Waals surface area contributed by atoms with E-state index in [1.165, 1.54) is 0 Å². The van der Waals surface area contributed by atoms with Crippen molar-refractivity contribution in [3.05, 3.63) is 0 Å². The van der Waals surface area contributed by atoms with Crippen molar-refractivity contribution in [1.29, 1.82) is 0 Å². The van der Waals surface area contributed by atoms with E-state index < -0.39 is 17.6 Å². The van der Waals surface area contributed by atoms with Gasteiger partial charge in [0.05, 0.1) is 13.2 Å². The number of hydrogen-bond donors (Lipinski definition) is 6. The molecule has 8 heteroatoms. The van der Waals surface area contributed by atoms with E-state index >= 15 is 0 Å². The maximum atomic E-state index is 10.3. The van der Waals surface area contributed by atoms with Crippen molar-refractivity contribution in [2.45, 2.75) is 12.8 Å². The van der Waals surface area contributed by atoms with Gasteiger partial charge in [-0.3, -0.25) is 0 Å². The van der Waals surface area contributed by atoms with Gasteiger partial charge in [-0.1, -0.05) is 0 Å². The molecule has 0 aliphatic heterocycles. The average molecular weight is 250 g/mol. The fourth-order valence-corrected chi connectivity index (χ4v) is 1.33. The first-order valence-corrected chi connectivity index (χ1v) is 5.11. The van der Waals surface area contributed by atoms with Crippen LogP contribution in [0.25, 0.3) is 0 Å². The van der Waals surface area contributed by atoms with Crippen LogP contribution >= 0.6 is 0 Å². The summed E-state index contributed by atoms with van der Waals surface area (Å²) >= 11 is 0. The Morgan fingerprint density at radius 2 is 1.53 bits per heavy atom. The van der Waals surface area contributed by atoms with Gasteiger partial charge in [0.15, 0.2) is 0 Å². The van der Waals surface area contributed by atoms with Gasteiger partial charge in [0.1, 0.15) is 0 Å². The number of carbonyl (C=O) groups is 2. The number of rotatable bonds is 8. The lowest BCUT2D eigenvalue weighted by atomic mass is 9.84. The third kappa shape index (κ3) is 6.59. The minimum atomic E-state index is -1.24. The van der Waals surface area contributed by atoms with Crippen molar-refractivity contribution < 1.29 is 30.0 Å². The molecule has 2 amide bonds. The molecule has 8 nitrogen and oxygen atoms in total. The van der Waals surface area contributed by atoms with E-state index in [9.17, 15) is 9.59 Å². The highest BCUT2D eigenvalue weighted by Crippen LogP contribution is 2.21. The van der Waals surface area contributed by atoms with Crippen LogP contribution in [-0.4, -0.2) is 58.9 Å². The van der Waals surface area contributed by atoms with Gasteiger partial charge >= 0.3 is 12.2 Å². The third-order valence-corrected chi connectivity index (χ3v) is 2.45. The van der Waals surface area contributed by atoms with Crippen molar-refractivity contribution in [2.75, 3.05) is 26.3 Å². The van der Waals surface area contributed by atoms with Gasteiger partial charge in [-0.25, -0.2) is 9.59 Å². The van der Waals surface area contributed by atoms with E-state index in [2.05, 4.69) is 10.6 Å². The highest BCUT2D eigenvalue weighted by Gasteiger charge is 2.28. The fourth-order valence-electron chi connectivity index (χ4n) is 1.33. The fraction of sp³-hybridized carbons (Fsp3) is 0.778. The molecule has 0 aromatic rings. The zero-order chi connectivity index (χ0) is 13.3. The molecule has 0 saturated carbocycles. The molecule has 0 rings (SSSR count). The van der Waals surface area contributed by atoms with E-state index in [4.69, 9.17) is 20.4 Å². The van der Waals surface area contributed by atoms with E-state index in [1.807, 2.05) is 0 Å². The first-order valence-electron chi connectivity index (χ1n) is 5.11. The van der Waals surface area contributed by atoms with Crippen LogP contribution in [0.5, 0.6) is 0 Å². The van der Waals surface area contributed by atoms with Crippen LogP contribution in [0.2, 0.25) is 0 Å². The molecule has 0 aliphatic carbocycles. The molecule has 0 aliphatic rings. The molecular formula is C9H18N2O6. The summed E-state index contributed by atoms with van der Waals surface area (Å²) in [6.07, 6.45) is -1.68. The van der Waals surface area contributed by atoms with Gasteiger partial charge < -0.3 is 31.1 Å². The molecule has 0 atom stereocenters. The smallest absolute Gasteiger partial charge is 0.404 e. The Morgan fingerprint density at radius 1 is 1.00 bits per heavy atom. The van der Waals surface area contributed by atoms with E-state index in [0.717, 1.165) is 0 Å². The van der Waals surface area contributed by atoms with Crippen molar-refractivity contribution in [2.24, 2.45) is 5.41 Å². The van der Waals surface area contributed by atoms with E-state index in [0.29, 0.717) is 12.8 Å². The summed E-state index contributed by atoms with van der Waals surface area (Å²) in [5.41, 5.74) is -0.960. The van der Waals surface area contributed by atoms with Crippen molar-refractivity contribution in [1.82, 2.24) is 10.6 Å². The zero-order valence-electron chi connectivity index (χ0n) is 9.35. The molecule has 0 unspecified atom stereocenters. The monoisotopic (exact) mass is 250 g/mol. The molecule has 0 saturated heterocycles. The minimum absolute atomic E-state index is 0.0809. The van der Waals surface area contributed by atoms with Crippen LogP contribution < -0.4 is 10.6 Å². The number of carboxylic acid groups (broad SMARTS) is 2. The lowest BCUT2D eigenvalue weighted by Crippen LogP contribution is -2.42. The maximum absolute atomic E-state index is 10.3. The van der Waals surface area contributed by atoms with Gasteiger partial charge in [-0.2, -0.15) is 0 Å². The second-order valence-electron chi connectivity index (χ2n) is 3.81. The molecule has 0 spiro atoms. The summed E-state index contributed by atoms with van der Waals surface area (Å²) in [6, 6.07) is 0. The SMILES string of the molecule is O=C(O)NCCCC(CO)(CO)CNC(=O)O. The third-order valence-electron chi connectivity index (χ3n) is 2.45. The largest absolute Gasteiger partial charge is 0.465 e. The Labute approximate surface area is 98.3 Å². The highest BCUT2D eigenvalue weighted by molar-refractivity contribution is 5.64. The van der Waals surface area contributed by atoms with Crippen LogP contribution in [-0.2, 0) is 0 Å². The summed E-state index contributed by atoms with van der Waals surface area (Å²) in [5, 5.41) is 39.4. The molecule has 17 heavy (non-hydrogen) atoms. The first kappa shape index (κ1) is 15.5. The van der Waals surface area contributed by atoms with Crippen LogP contribution in [0.1, 0.15) is 12.8 Å². The first-order chi connectivity index (χ1) is 7.95. The molecule has 100 valence electrons. The Balaban J connectivity index is 4.10. The molecule has 0 aromatic heterocycles. The molecule has 0 radical (unpaired) electrons. The second kappa shape index (κ2) is 7.69. The summed E-state index contributed by atoms with van der Waals surface area (Å²) in [6.45, 7) is -0.653. The number of nitrogens with one attached hydrogen (secondary N) is 2. The van der Waals surface area contributed by atoms with Gasteiger partial charge in [0.2, 0.25) is 0 Å². The summed E-state index contributed by atoms with van der Waals surface area (Å²) in [5.74, 6) is 0. The van der Waals surface area contributed by atoms with Gasteiger partial charge in [0, 0.05) is 18.5 Å². The number of amides is 2. The molecule has 0 fully saturated rings. The molecular weight excluding hydrogens is 232 g/mol. The molecule has 0 heterocycles. The Morgan fingerprint density at radius 3 is 1.94 bits per heavy atom. The van der Waals surface area contributed by atoms with Crippen LogP contribution in [0.15, 0.2) is 0 Å². The van der Waals surface area contributed by atoms with Gasteiger partial charge in [0.25, 0.3) is 0 Å². The van der Waals surface area contributed by atoms with Crippen LogP contribution in [0.4, 0.5) is 9.59 Å². The van der Waals surface area contributed by atoms with E-state index in [-0.39, 0.29) is 26.3 Å². The molecule has 0 aromatic carbocycles. The predicted octanol–water partition coefficient (Wildman–Crippen LogP) is -0.727. The number of aliphatic hydroxyl groups is 2. The summed E-state index contributed by atoms with van der Waals surface area (Å²) in [7, 11) is 0. The predicted molar refractivity (Wildman–Crippen MR) is 57.9 cm³/mol. The van der Waals surface area contributed by atoms with Gasteiger partial charge in [-0.05, 0) is 12.8 Å². The second-order valence-corrected chi connectivity index (χ2v) is 3.81. The Kier molecular flexibility index (Phi) is 6.99. The number of hydrogen-bond acceptors (Lipinski definition) is 4. The van der Waals surface area contributed by atoms with Crippen LogP contribution in [0, 0.1) is 5.41 Å². The topological polar surface area (TPSA) is 139 Å². The minimum Gasteiger partial charge on any atom is -0.465 e. The summed E-state index contributed by atoms with van der Waals surface area (Å²) < 4.78 is 0. The quantitative estimate of drug-likeness (QED) is 0.314. The van der Waals surface area contributed by atoms with E-state index in [1.54, 1.807) is 0 Å². The van der Waals surface area contributed by atoms with Crippen LogP contribution in [0.3, 0.4) is 0 Å². The standard InChI is InChI=1S/C9H18N2O6/c12-5-9(6-13,4-11-8(16)17)2-1-3-10-7(14)15/h10-13H,1-6H2,(H,14,15)(H,16,17). The molecule has 0 bridgehead atoms. The lowest BCUT2D eigenvalue weighted by molar-refractivity contribution is 0.0458. The van der Waals surface area contributed by atoms with Crippen molar-refractivity contribution in [3.63, 3.8) is 0 Å². The average Bonchev–Trinajstić information content (AvgIpc) is 2.28. The normalized spacial score (nSPS) is 10.9. The Bertz CT molecular complexity index is 254. The summed E-state index contributed by atoms with van der Waals surface area (Å²) in [4.78, 5) is 20.5. The maximum Gasteiger partial charge on any atom is 0.404 e. The van der Waals surface area contributed by atoms with Crippen molar-refractivity contribution in [3.8, 4) is 0 Å². The zero-order valence-corrected chi connectivity index (χ0v) is 9.35. The van der Waals surface area contributed by atoms with Gasteiger partial charge in [-0.15, -0.1) is 0 Å². The van der Waals surface area contributed by atoms with Crippen molar-refractivity contribution >= 4 is 12.2 Å². The lowest BCUT2D eigenvalue weighted by Gasteiger charge is -2.29. The highest BCUT2D eigenvalue weighted by atomic mass is 16.4. The Hall–Kier alpha value is -1.54.